The Bertz CT molecular complexity index is 316. The molecule has 6 nitrogen and oxygen atoms in total. The minimum Gasteiger partial charge on any atom is -0.459 e. The van der Waals surface area contributed by atoms with Gasteiger partial charge in [0.2, 0.25) is 0 Å². The number of hydrogen-bond donors (Lipinski definition) is 2. The molecule has 0 aliphatic heterocycles. The zero-order valence-electron chi connectivity index (χ0n) is 12.7. The van der Waals surface area contributed by atoms with Crippen LogP contribution in [0.5, 0.6) is 0 Å². The van der Waals surface area contributed by atoms with E-state index in [9.17, 15) is 9.59 Å². The van der Waals surface area contributed by atoms with Crippen LogP contribution in [0.15, 0.2) is 0 Å². The fourth-order valence-corrected chi connectivity index (χ4v) is 1.14. The standard InChI is InChI=1S/C13H26N2O4/c1-12(2,3)18-10(16)9(14)7-8-15-11(17)19-13(4,5)6/h9H,7-8,14H2,1-6H3,(H,15,17)/t9-/m0/s1. The van der Waals surface area contributed by atoms with E-state index < -0.39 is 29.3 Å². The highest BCUT2D eigenvalue weighted by Crippen LogP contribution is 2.09. The van der Waals surface area contributed by atoms with E-state index >= 15 is 0 Å². The van der Waals surface area contributed by atoms with E-state index in [4.69, 9.17) is 15.2 Å². The maximum atomic E-state index is 11.6. The van der Waals surface area contributed by atoms with Crippen molar-refractivity contribution < 1.29 is 19.1 Å². The molecular weight excluding hydrogens is 248 g/mol. The molecule has 19 heavy (non-hydrogen) atoms. The van der Waals surface area contributed by atoms with Crippen LogP contribution in [0, 0.1) is 0 Å². The summed E-state index contributed by atoms with van der Waals surface area (Å²) in [6.45, 7) is 10.9. The van der Waals surface area contributed by atoms with Gasteiger partial charge in [-0.3, -0.25) is 4.79 Å². The molecule has 1 atom stereocenters. The quantitative estimate of drug-likeness (QED) is 0.759. The Morgan fingerprint density at radius 1 is 1.05 bits per heavy atom. The first-order valence-corrected chi connectivity index (χ1v) is 6.36. The average Bonchev–Trinajstić information content (AvgIpc) is 2.11. The van der Waals surface area contributed by atoms with Crippen molar-refractivity contribution in [2.75, 3.05) is 6.54 Å². The van der Waals surface area contributed by atoms with E-state index in [2.05, 4.69) is 5.32 Å². The van der Waals surface area contributed by atoms with Crippen molar-refractivity contribution in [3.8, 4) is 0 Å². The normalized spacial score (nSPS) is 13.6. The first-order chi connectivity index (χ1) is 8.41. The molecule has 0 saturated heterocycles. The molecule has 1 amide bonds. The van der Waals surface area contributed by atoms with Gasteiger partial charge in [0.05, 0.1) is 0 Å². The number of hydrogen-bond acceptors (Lipinski definition) is 5. The number of amides is 1. The fraction of sp³-hybridized carbons (Fsp3) is 0.846. The highest BCUT2D eigenvalue weighted by Gasteiger charge is 2.22. The second-order valence-corrected chi connectivity index (χ2v) is 6.36. The molecular formula is C13H26N2O4. The summed E-state index contributed by atoms with van der Waals surface area (Å²) in [5, 5.41) is 2.54. The van der Waals surface area contributed by atoms with Crippen LogP contribution in [0.25, 0.3) is 0 Å². The predicted octanol–water partition coefficient (Wildman–Crippen LogP) is 1.57. The third-order valence-corrected chi connectivity index (χ3v) is 1.83. The van der Waals surface area contributed by atoms with Crippen LogP contribution in [-0.2, 0) is 14.3 Å². The molecule has 3 N–H and O–H groups in total. The molecule has 112 valence electrons. The summed E-state index contributed by atoms with van der Waals surface area (Å²) < 4.78 is 10.2. The molecule has 0 fully saturated rings. The van der Waals surface area contributed by atoms with Crippen molar-refractivity contribution in [2.24, 2.45) is 5.73 Å². The SMILES string of the molecule is CC(C)(C)OC(=O)NCC[C@H](N)C(=O)OC(C)(C)C. The number of carbonyl (C=O) groups excluding carboxylic acids is 2. The van der Waals surface area contributed by atoms with Crippen LogP contribution in [0.4, 0.5) is 4.79 Å². The second kappa shape index (κ2) is 6.75. The van der Waals surface area contributed by atoms with E-state index in [1.54, 1.807) is 41.5 Å². The van der Waals surface area contributed by atoms with Gasteiger partial charge in [-0.1, -0.05) is 0 Å². The van der Waals surface area contributed by atoms with Crippen molar-refractivity contribution >= 4 is 12.1 Å². The van der Waals surface area contributed by atoms with E-state index in [0.717, 1.165) is 0 Å². The molecule has 0 aromatic rings. The number of nitrogens with two attached hydrogens (primary N) is 1. The smallest absolute Gasteiger partial charge is 0.407 e. The third-order valence-electron chi connectivity index (χ3n) is 1.83. The Balaban J connectivity index is 3.95. The summed E-state index contributed by atoms with van der Waals surface area (Å²) in [5.41, 5.74) is 4.56. The second-order valence-electron chi connectivity index (χ2n) is 6.36. The largest absolute Gasteiger partial charge is 0.459 e. The first-order valence-electron chi connectivity index (χ1n) is 6.36. The van der Waals surface area contributed by atoms with Crippen LogP contribution in [-0.4, -0.2) is 35.9 Å². The lowest BCUT2D eigenvalue weighted by molar-refractivity contribution is -0.156. The molecule has 0 aliphatic carbocycles. The van der Waals surface area contributed by atoms with Gasteiger partial charge in [-0.15, -0.1) is 0 Å². The number of esters is 1. The van der Waals surface area contributed by atoms with Gasteiger partial charge in [0.25, 0.3) is 0 Å². The molecule has 6 heteroatoms. The molecule has 0 aromatic carbocycles. The van der Waals surface area contributed by atoms with E-state index in [1.807, 2.05) is 0 Å². The zero-order valence-corrected chi connectivity index (χ0v) is 12.7. The van der Waals surface area contributed by atoms with Gasteiger partial charge in [-0.2, -0.15) is 0 Å². The van der Waals surface area contributed by atoms with Crippen LogP contribution >= 0.6 is 0 Å². The molecule has 0 aromatic heterocycles. The van der Waals surface area contributed by atoms with Crippen LogP contribution in [0.3, 0.4) is 0 Å². The molecule has 0 radical (unpaired) electrons. The van der Waals surface area contributed by atoms with Gasteiger partial charge < -0.3 is 20.5 Å². The molecule has 0 saturated carbocycles. The molecule has 0 spiro atoms. The Hall–Kier alpha value is -1.30. The maximum Gasteiger partial charge on any atom is 0.407 e. The Morgan fingerprint density at radius 2 is 1.53 bits per heavy atom. The molecule has 0 rings (SSSR count). The van der Waals surface area contributed by atoms with Crippen molar-refractivity contribution in [3.63, 3.8) is 0 Å². The number of ether oxygens (including phenoxy) is 2. The maximum absolute atomic E-state index is 11.6. The van der Waals surface area contributed by atoms with Crippen LogP contribution in [0.1, 0.15) is 48.0 Å². The number of carbonyl (C=O) groups is 2. The van der Waals surface area contributed by atoms with Crippen molar-refractivity contribution in [2.45, 2.75) is 65.2 Å². The van der Waals surface area contributed by atoms with Crippen molar-refractivity contribution in [1.29, 1.82) is 0 Å². The minimum atomic E-state index is -0.755. The van der Waals surface area contributed by atoms with Gasteiger partial charge in [-0.25, -0.2) is 4.79 Å². The molecule has 0 bridgehead atoms. The van der Waals surface area contributed by atoms with Crippen LogP contribution in [0.2, 0.25) is 0 Å². The van der Waals surface area contributed by atoms with Gasteiger partial charge in [0.1, 0.15) is 17.2 Å². The Morgan fingerprint density at radius 3 is 1.95 bits per heavy atom. The summed E-state index contributed by atoms with van der Waals surface area (Å²) in [6, 6.07) is -0.755. The highest BCUT2D eigenvalue weighted by atomic mass is 16.6. The van der Waals surface area contributed by atoms with E-state index in [1.165, 1.54) is 0 Å². The summed E-state index contributed by atoms with van der Waals surface area (Å²) in [5.74, 6) is -0.474. The average molecular weight is 274 g/mol. The number of nitrogens with one attached hydrogen (secondary N) is 1. The highest BCUT2D eigenvalue weighted by molar-refractivity contribution is 5.76. The van der Waals surface area contributed by atoms with E-state index in [0.29, 0.717) is 6.42 Å². The monoisotopic (exact) mass is 274 g/mol. The predicted molar refractivity (Wildman–Crippen MR) is 72.7 cm³/mol. The summed E-state index contributed by atoms with van der Waals surface area (Å²) in [6.07, 6.45) is -0.224. The molecule has 0 unspecified atom stereocenters. The van der Waals surface area contributed by atoms with Gasteiger partial charge in [-0.05, 0) is 48.0 Å². The zero-order chi connectivity index (χ0) is 15.3. The lowest BCUT2D eigenvalue weighted by Gasteiger charge is -2.22. The Kier molecular flexibility index (Phi) is 6.29. The lowest BCUT2D eigenvalue weighted by atomic mass is 10.1. The fourth-order valence-electron chi connectivity index (χ4n) is 1.14. The van der Waals surface area contributed by atoms with Gasteiger partial charge in [0.15, 0.2) is 0 Å². The summed E-state index contributed by atoms with van der Waals surface area (Å²) >= 11 is 0. The minimum absolute atomic E-state index is 0.259. The Labute approximate surface area is 115 Å². The third kappa shape index (κ3) is 10.3. The summed E-state index contributed by atoms with van der Waals surface area (Å²) in [4.78, 5) is 22.9. The first kappa shape index (κ1) is 17.7. The topological polar surface area (TPSA) is 90.6 Å². The van der Waals surface area contributed by atoms with Gasteiger partial charge >= 0.3 is 12.1 Å². The van der Waals surface area contributed by atoms with Crippen LogP contribution < -0.4 is 11.1 Å². The molecule has 0 heterocycles. The van der Waals surface area contributed by atoms with Crippen molar-refractivity contribution in [3.05, 3.63) is 0 Å². The number of alkyl carbamates (subject to hydrolysis) is 1. The number of rotatable bonds is 4. The summed E-state index contributed by atoms with van der Waals surface area (Å²) in [7, 11) is 0. The lowest BCUT2D eigenvalue weighted by Crippen LogP contribution is -2.40. The van der Waals surface area contributed by atoms with E-state index in [-0.39, 0.29) is 6.54 Å². The molecule has 0 aliphatic rings. The van der Waals surface area contributed by atoms with Crippen molar-refractivity contribution in [1.82, 2.24) is 5.32 Å². The van der Waals surface area contributed by atoms with Gasteiger partial charge in [0, 0.05) is 6.54 Å².